The lowest BCUT2D eigenvalue weighted by molar-refractivity contribution is -0.137. The van der Waals surface area contributed by atoms with Gasteiger partial charge in [-0.05, 0) is 49.1 Å². The molecule has 1 unspecified atom stereocenters. The summed E-state index contributed by atoms with van der Waals surface area (Å²) in [6.07, 6.45) is 2.03. The molecule has 1 N–H and O–H groups in total. The van der Waals surface area contributed by atoms with E-state index in [2.05, 4.69) is 5.32 Å². The third-order valence-electron chi connectivity index (χ3n) is 7.46. The number of benzene rings is 2. The summed E-state index contributed by atoms with van der Waals surface area (Å²) in [5.41, 5.74) is 3.40. The first-order valence-electron chi connectivity index (χ1n) is 14.1. The summed E-state index contributed by atoms with van der Waals surface area (Å²) in [7, 11) is 0. The molecule has 0 spiro atoms. The van der Waals surface area contributed by atoms with E-state index in [1.807, 2.05) is 43.3 Å². The smallest absolute Gasteiger partial charge is 0.260 e. The van der Waals surface area contributed by atoms with Crippen molar-refractivity contribution in [2.75, 3.05) is 44.8 Å². The van der Waals surface area contributed by atoms with Gasteiger partial charge >= 0.3 is 0 Å². The number of fused-ring (bicyclic) bond motifs is 1. The van der Waals surface area contributed by atoms with E-state index in [9.17, 15) is 9.59 Å². The molecule has 10 nitrogen and oxygen atoms in total. The van der Waals surface area contributed by atoms with Crippen molar-refractivity contribution < 1.29 is 23.8 Å². The van der Waals surface area contributed by atoms with Crippen LogP contribution in [-0.4, -0.2) is 70.9 Å². The fourth-order valence-electron chi connectivity index (χ4n) is 5.39. The number of ether oxygens (including phenoxy) is 3. The molecule has 220 valence electrons. The molecule has 12 heteroatoms. The van der Waals surface area contributed by atoms with Gasteiger partial charge in [-0.15, -0.1) is 5.10 Å². The number of hydrogen-bond donors (Lipinski definition) is 1. The van der Waals surface area contributed by atoms with Crippen molar-refractivity contribution >= 4 is 41.0 Å². The molecule has 3 heterocycles. The van der Waals surface area contributed by atoms with E-state index in [-0.39, 0.29) is 18.3 Å². The number of hydrogen-bond acceptors (Lipinski definition) is 9. The maximum Gasteiger partial charge on any atom is 0.260 e. The van der Waals surface area contributed by atoms with Gasteiger partial charge in [0.1, 0.15) is 6.04 Å². The van der Waals surface area contributed by atoms with Crippen molar-refractivity contribution in [2.45, 2.75) is 43.1 Å². The predicted molar refractivity (Wildman–Crippen MR) is 159 cm³/mol. The van der Waals surface area contributed by atoms with E-state index in [0.29, 0.717) is 78.3 Å². The van der Waals surface area contributed by atoms with Crippen LogP contribution in [0.25, 0.3) is 0 Å². The summed E-state index contributed by atoms with van der Waals surface area (Å²) in [5, 5.41) is 9.49. The number of carbonyl (C=O) groups is 2. The number of anilines is 1. The quantitative estimate of drug-likeness (QED) is 0.340. The highest BCUT2D eigenvalue weighted by atomic mass is 35.5. The second-order valence-electron chi connectivity index (χ2n) is 10.2. The highest BCUT2D eigenvalue weighted by Crippen LogP contribution is 2.43. The third-order valence-corrected chi connectivity index (χ3v) is 8.72. The summed E-state index contributed by atoms with van der Waals surface area (Å²) >= 11 is 7.85. The Morgan fingerprint density at radius 3 is 2.79 bits per heavy atom. The Morgan fingerprint density at radius 1 is 1.14 bits per heavy atom. The van der Waals surface area contributed by atoms with Gasteiger partial charge < -0.3 is 24.4 Å². The van der Waals surface area contributed by atoms with Crippen molar-refractivity contribution in [3.63, 3.8) is 0 Å². The van der Waals surface area contributed by atoms with Crippen LogP contribution in [0.2, 0.25) is 5.02 Å². The van der Waals surface area contributed by atoms with Gasteiger partial charge in [-0.3, -0.25) is 9.59 Å². The molecule has 1 aliphatic carbocycles. The molecule has 6 rings (SSSR count). The molecule has 1 fully saturated rings. The monoisotopic (exact) mass is 609 g/mol. The van der Waals surface area contributed by atoms with Crippen LogP contribution in [0.15, 0.2) is 58.9 Å². The molecular weight excluding hydrogens is 578 g/mol. The first-order chi connectivity index (χ1) is 20.5. The van der Waals surface area contributed by atoms with Gasteiger partial charge in [-0.25, -0.2) is 4.68 Å². The molecule has 1 atom stereocenters. The van der Waals surface area contributed by atoms with E-state index in [4.69, 9.17) is 35.9 Å². The Labute approximate surface area is 253 Å². The summed E-state index contributed by atoms with van der Waals surface area (Å²) < 4.78 is 19.0. The fourth-order valence-corrected chi connectivity index (χ4v) is 6.50. The lowest BCUT2D eigenvalue weighted by Crippen LogP contribution is -2.43. The van der Waals surface area contributed by atoms with Gasteiger partial charge in [-0.1, -0.05) is 47.6 Å². The number of allylic oxidation sites excluding steroid dienone is 2. The lowest BCUT2D eigenvalue weighted by Gasteiger charge is -2.32. The molecule has 2 aliphatic heterocycles. The maximum atomic E-state index is 13.3. The Balaban J connectivity index is 1.29. The molecular formula is C30H32ClN5O5S. The van der Waals surface area contributed by atoms with E-state index >= 15 is 0 Å². The van der Waals surface area contributed by atoms with Gasteiger partial charge in [0.2, 0.25) is 11.1 Å². The largest absolute Gasteiger partial charge is 0.490 e. The number of aromatic nitrogens is 3. The fraction of sp³-hybridized carbons (Fsp3) is 0.400. The molecule has 0 radical (unpaired) electrons. The molecule has 0 saturated carbocycles. The molecule has 1 amide bonds. The minimum Gasteiger partial charge on any atom is -0.490 e. The van der Waals surface area contributed by atoms with Gasteiger partial charge in [0.25, 0.3) is 5.91 Å². The van der Waals surface area contributed by atoms with Crippen molar-refractivity contribution in [1.82, 2.24) is 19.7 Å². The average molecular weight is 610 g/mol. The SMILES string of the molecule is CCOc1cc(C2C3=C(CCCC3=O)Nc3nc(SCc4ccccc4Cl)nn32)ccc1OCC(=O)N1CCOCC1. The number of Topliss-reactive ketones (excluding diaryl/α,β-unsaturated/α-hetero) is 1. The molecule has 3 aromatic rings. The van der Waals surface area contributed by atoms with Gasteiger partial charge in [-0.2, -0.15) is 4.98 Å². The Kier molecular flexibility index (Phi) is 8.68. The van der Waals surface area contributed by atoms with E-state index in [1.54, 1.807) is 15.6 Å². The highest BCUT2D eigenvalue weighted by molar-refractivity contribution is 7.98. The Morgan fingerprint density at radius 2 is 1.98 bits per heavy atom. The standard InChI is InChI=1S/C30H32ClN5O5S/c1-2-40-25-16-19(10-11-24(25)41-17-26(38)35-12-14-39-15-13-35)28-27-22(8-5-9-23(27)37)32-29-33-30(34-36(28)29)42-18-20-6-3-4-7-21(20)31/h3-4,6-7,10-11,16,28H,2,5,8-9,12-15,17-18H2,1H3,(H,32,33,34). The second kappa shape index (κ2) is 12.8. The number of thioether (sulfide) groups is 1. The zero-order valence-electron chi connectivity index (χ0n) is 23.3. The third kappa shape index (κ3) is 5.99. The first-order valence-corrected chi connectivity index (χ1v) is 15.5. The van der Waals surface area contributed by atoms with E-state index in [0.717, 1.165) is 29.7 Å². The number of morpholine rings is 1. The summed E-state index contributed by atoms with van der Waals surface area (Å²) in [6, 6.07) is 12.8. The van der Waals surface area contributed by atoms with E-state index in [1.165, 1.54) is 11.8 Å². The minimum absolute atomic E-state index is 0.0922. The van der Waals surface area contributed by atoms with Crippen molar-refractivity contribution in [2.24, 2.45) is 0 Å². The molecule has 42 heavy (non-hydrogen) atoms. The van der Waals surface area contributed by atoms with Crippen molar-refractivity contribution in [3.8, 4) is 11.5 Å². The molecule has 3 aliphatic rings. The lowest BCUT2D eigenvalue weighted by atomic mass is 9.85. The van der Waals surface area contributed by atoms with Gasteiger partial charge in [0.05, 0.1) is 19.8 Å². The van der Waals surface area contributed by atoms with E-state index < -0.39 is 6.04 Å². The zero-order chi connectivity index (χ0) is 29.1. The van der Waals surface area contributed by atoms with Crippen molar-refractivity contribution in [1.29, 1.82) is 0 Å². The second-order valence-corrected chi connectivity index (χ2v) is 11.5. The number of nitrogens with one attached hydrogen (secondary N) is 1. The Bertz CT molecular complexity index is 1520. The number of amides is 1. The molecule has 1 aromatic heterocycles. The van der Waals surface area contributed by atoms with Crippen LogP contribution < -0.4 is 14.8 Å². The Hall–Kier alpha value is -3.54. The molecule has 1 saturated heterocycles. The predicted octanol–water partition coefficient (Wildman–Crippen LogP) is 4.88. The number of rotatable bonds is 9. The number of carbonyl (C=O) groups excluding carboxylic acids is 2. The number of ketones is 1. The van der Waals surface area contributed by atoms with Gasteiger partial charge in [0, 0.05) is 41.6 Å². The highest BCUT2D eigenvalue weighted by Gasteiger charge is 2.37. The summed E-state index contributed by atoms with van der Waals surface area (Å²) in [6.45, 7) is 4.37. The zero-order valence-corrected chi connectivity index (χ0v) is 24.9. The summed E-state index contributed by atoms with van der Waals surface area (Å²) in [5.74, 6) is 2.17. The maximum absolute atomic E-state index is 13.3. The number of nitrogens with zero attached hydrogens (tertiary/aromatic N) is 4. The van der Waals surface area contributed by atoms with Gasteiger partial charge in [0.15, 0.2) is 23.9 Å². The van der Waals surface area contributed by atoms with Crippen LogP contribution in [0.1, 0.15) is 43.4 Å². The van der Waals surface area contributed by atoms with Crippen LogP contribution >= 0.6 is 23.4 Å². The van der Waals surface area contributed by atoms with Crippen LogP contribution in [0.3, 0.4) is 0 Å². The average Bonchev–Trinajstić information content (AvgIpc) is 3.42. The van der Waals surface area contributed by atoms with Crippen molar-refractivity contribution in [3.05, 3.63) is 69.9 Å². The molecule has 0 bridgehead atoms. The normalized spacial score (nSPS) is 18.3. The topological polar surface area (TPSA) is 108 Å². The first kappa shape index (κ1) is 28.6. The molecule has 2 aromatic carbocycles. The van der Waals surface area contributed by atoms with Crippen LogP contribution in [0, 0.1) is 0 Å². The summed E-state index contributed by atoms with van der Waals surface area (Å²) in [4.78, 5) is 32.5. The van der Waals surface area contributed by atoms with Crippen LogP contribution in [0.4, 0.5) is 5.95 Å². The van der Waals surface area contributed by atoms with Crippen LogP contribution in [-0.2, 0) is 20.1 Å². The number of halogens is 1. The van der Waals surface area contributed by atoms with Crippen LogP contribution in [0.5, 0.6) is 11.5 Å². The minimum atomic E-state index is -0.477.